The van der Waals surface area contributed by atoms with Crippen molar-refractivity contribution in [2.75, 3.05) is 59.0 Å². The van der Waals surface area contributed by atoms with E-state index in [-0.39, 0.29) is 153 Å². The minimum absolute atomic E-state index is 0.0197. The molecule has 1 heterocycles. The van der Waals surface area contributed by atoms with Crippen molar-refractivity contribution in [1.29, 1.82) is 27.0 Å². The highest BCUT2D eigenvalue weighted by molar-refractivity contribution is 6.00. The Bertz CT molecular complexity index is 4210. The maximum Gasteiger partial charge on any atom is 0.245 e. The number of unbranched alkanes of at least 4 members (excludes halogenated alkanes) is 1. The maximum absolute atomic E-state index is 15.1. The van der Waals surface area contributed by atoms with Crippen LogP contribution in [-0.2, 0) is 80.0 Å². The summed E-state index contributed by atoms with van der Waals surface area (Å²) < 4.78 is 0. The summed E-state index contributed by atoms with van der Waals surface area (Å²) in [7, 11) is 0. The van der Waals surface area contributed by atoms with Gasteiger partial charge in [0.2, 0.25) is 82.7 Å². The first-order valence-electron chi connectivity index (χ1n) is 42.2. The number of aromatic hydroxyl groups is 1. The van der Waals surface area contributed by atoms with E-state index in [2.05, 4.69) is 101 Å². The molecule has 49 nitrogen and oxygen atoms in total. The Morgan fingerprint density at radius 1 is 0.398 bits per heavy atom. The normalized spacial score (nSPS) is 14.3. The number of nitrogens with two attached hydrogens (primary N) is 8. The summed E-state index contributed by atoms with van der Waals surface area (Å²) in [6.45, 7) is 5.72. The van der Waals surface area contributed by atoms with Crippen LogP contribution in [0.1, 0.15) is 142 Å². The number of primary amides is 1. The molecule has 0 aliphatic carbocycles. The van der Waals surface area contributed by atoms with E-state index in [4.69, 9.17) is 72.9 Å². The van der Waals surface area contributed by atoms with Gasteiger partial charge in [-0.15, -0.1) is 0 Å². The third-order valence-corrected chi connectivity index (χ3v) is 20.1. The van der Waals surface area contributed by atoms with Crippen LogP contribution in [0.4, 0.5) is 0 Å². The van der Waals surface area contributed by atoms with Gasteiger partial charge in [-0.1, -0.05) is 64.4 Å². The van der Waals surface area contributed by atoms with Crippen LogP contribution in [0, 0.1) is 38.9 Å². The van der Waals surface area contributed by atoms with E-state index in [0.717, 1.165) is 0 Å². The molecule has 0 fully saturated rings. The minimum Gasteiger partial charge on any atom is -0.508 e. The number of phenols is 1. The third kappa shape index (κ3) is 41.6. The molecule has 1 aromatic heterocycles. The largest absolute Gasteiger partial charge is 0.508 e. The second-order valence-corrected chi connectivity index (χ2v) is 31.1. The highest BCUT2D eigenvalue weighted by Crippen LogP contribution is 2.21. The Hall–Kier alpha value is -13.5. The molecule has 49 heteroatoms. The monoisotopic (exact) mass is 1800 g/mol. The van der Waals surface area contributed by atoms with E-state index in [9.17, 15) is 72.9 Å². The highest BCUT2D eigenvalue weighted by atomic mass is 16.3. The van der Waals surface area contributed by atoms with Crippen molar-refractivity contribution in [1.82, 2.24) is 101 Å². The topological polar surface area (TPSA) is 859 Å². The zero-order valence-corrected chi connectivity index (χ0v) is 72.9. The van der Waals surface area contributed by atoms with E-state index >= 15 is 9.59 Å². The number of hydrogen-bond donors (Lipinski definition) is 35. The predicted molar refractivity (Wildman–Crippen MR) is 475 cm³/mol. The quantitative estimate of drug-likeness (QED) is 0.0142. The molecule has 3 rings (SSSR count). The van der Waals surface area contributed by atoms with Crippen molar-refractivity contribution in [3.8, 4) is 5.75 Å². The van der Waals surface area contributed by atoms with E-state index in [1.54, 1.807) is 44.3 Å². The number of fused-ring (bicyclic) bond motifs is 1. The van der Waals surface area contributed by atoms with Crippen LogP contribution >= 0.6 is 0 Å². The molecule has 0 bridgehead atoms. The molecular formula is C79H134N32O17. The van der Waals surface area contributed by atoms with Gasteiger partial charge in [-0.3, -0.25) is 94.2 Å². The fraction of sp³-hybridized carbons (Fsp3) is 0.582. The summed E-state index contributed by atoms with van der Waals surface area (Å²) in [6.07, 6.45) is 1.48. The number of aliphatic hydroxyl groups excluding tert-OH is 2. The SMILES string of the molecule is CC[C@H](C)[C@H](NC(=O)[C@H](CO)NC(=O)[C@@H](N)CO)C(=O)N[C@@H](Cc1ccc(O)cc1)C(=O)N[C@@H](CCCNC(=N)N)C(=O)N[C@@H](CCCNC(=N)N)C(=O)NCC(=O)N[C@@H](C)C(=O)N[C@@H](CCCNC(=N)N)C(=O)N[C@@H](CCCNC(=N)N)C(=O)N[C@@H](Cc1c[nH]c2ccccc12)C(=O)N[C@@H](CCCNC(=N)N)C(=O)N[C@@H](CCCCN)C(=O)N[C@@H](CC(C)C)C(N)=O. The van der Waals surface area contributed by atoms with Crippen LogP contribution < -0.4 is 142 Å². The number of carbonyl (C=O) groups is 14. The predicted octanol–water partition coefficient (Wildman–Crippen LogP) is -9.05. The molecule has 0 radical (unpaired) electrons. The molecule has 128 heavy (non-hydrogen) atoms. The van der Waals surface area contributed by atoms with Crippen LogP contribution in [0.5, 0.6) is 5.75 Å². The van der Waals surface area contributed by atoms with Crippen molar-refractivity contribution < 1.29 is 82.4 Å². The first-order valence-corrected chi connectivity index (χ1v) is 42.2. The zero-order chi connectivity index (χ0) is 95.7. The standard InChI is InChI=1S/C79H134N32O17/c1-6-42(4)61(111-73(127)59(40-113)110-64(118)48(81)39-112)74(128)109-57(35-44-24-26-46(114)27-25-44)71(125)105-53(21-13-31-95-77(87)88)67(121)102-50(19-11-29-93-75(83)84)65(119)99-38-60(115)100-43(5)63(117)101-52(20-12-30-94-76(85)86)66(120)104-55(23-15-33-97-79(91)92)70(124)108-58(36-45-37-98-49-17-8-7-16-47(45)49)72(126)106-54(22-14-32-96-78(89)90)68(122)103-51(18-9-10-28-80)69(123)107-56(62(82)116)34-41(2)3/h7-8,16-17,24-27,37,41-43,48,50-59,61,98,112-114H,6,9-15,18-23,28-36,38-40,80-81H2,1-5H3,(H2,82,116)(H,99,119)(H,100,115)(H,101,117)(H,102,121)(H,103,122)(H,104,120)(H,105,125)(H,106,126)(H,107,123)(H,108,124)(H,109,128)(H,110,118)(H,111,127)(H4,83,84,93)(H4,85,86,94)(H4,87,88,95)(H4,89,90,96)(H4,91,92,97)/t42-,43-,48-,50-,51-,52-,53-,54-,55-,56-,57-,58-,59-,61-/m0/s1. The average molecular weight is 1800 g/mol. The maximum atomic E-state index is 15.1. The number of aliphatic hydroxyl groups is 2. The number of guanidine groups is 5. The number of carbonyl (C=O) groups excluding carboxylic acids is 14. The van der Waals surface area contributed by atoms with E-state index < -0.39 is 211 Å². The summed E-state index contributed by atoms with van der Waals surface area (Å²) in [5, 5.41) is 115. The molecule has 712 valence electrons. The number of hydrogen-bond acceptors (Lipinski definition) is 24. The number of para-hydroxylation sites is 1. The lowest BCUT2D eigenvalue weighted by atomic mass is 9.96. The van der Waals surface area contributed by atoms with Gasteiger partial charge >= 0.3 is 0 Å². The molecular weight excluding hydrogens is 1670 g/mol. The first-order chi connectivity index (χ1) is 60.6. The molecule has 0 aliphatic rings. The van der Waals surface area contributed by atoms with Gasteiger partial charge in [0.1, 0.15) is 84.3 Å². The van der Waals surface area contributed by atoms with E-state index in [1.165, 1.54) is 31.2 Å². The van der Waals surface area contributed by atoms with Crippen molar-refractivity contribution >= 4 is 123 Å². The van der Waals surface area contributed by atoms with Gasteiger partial charge in [-0.25, -0.2) is 0 Å². The molecule has 0 aliphatic heterocycles. The Labute approximate surface area is 741 Å². The van der Waals surface area contributed by atoms with Gasteiger partial charge < -0.3 is 162 Å². The molecule has 14 amide bonds. The molecule has 0 spiro atoms. The van der Waals surface area contributed by atoms with E-state index in [1.807, 2.05) is 13.8 Å². The zero-order valence-electron chi connectivity index (χ0n) is 72.9. The smallest absolute Gasteiger partial charge is 0.245 e. The molecule has 0 unspecified atom stereocenters. The molecule has 2 aromatic carbocycles. The summed E-state index contributed by atoms with van der Waals surface area (Å²) in [5.74, 6) is -16.3. The highest BCUT2D eigenvalue weighted by Gasteiger charge is 2.38. The van der Waals surface area contributed by atoms with Gasteiger partial charge in [0.05, 0.1) is 19.8 Å². The van der Waals surface area contributed by atoms with Gasteiger partial charge in [-0.05, 0) is 145 Å². The van der Waals surface area contributed by atoms with Crippen LogP contribution in [0.3, 0.4) is 0 Å². The number of amides is 14. The molecule has 0 saturated carbocycles. The molecule has 0 saturated heterocycles. The number of aromatic amines is 1. The van der Waals surface area contributed by atoms with Crippen molar-refractivity contribution in [2.45, 2.75) is 222 Å². The fourth-order valence-corrected chi connectivity index (χ4v) is 12.9. The van der Waals surface area contributed by atoms with Crippen molar-refractivity contribution in [3.05, 3.63) is 65.9 Å². The molecule has 3 aromatic rings. The number of rotatable bonds is 61. The number of aromatic nitrogens is 1. The fourth-order valence-electron chi connectivity index (χ4n) is 12.9. The summed E-state index contributed by atoms with van der Waals surface area (Å²) in [6, 6.07) is -6.78. The summed E-state index contributed by atoms with van der Waals surface area (Å²) in [4.78, 5) is 202. The lowest BCUT2D eigenvalue weighted by Gasteiger charge is -2.29. The lowest BCUT2D eigenvalue weighted by Crippen LogP contribution is -2.61. The molecule has 14 atom stereocenters. The first kappa shape index (κ1) is 109. The second kappa shape index (κ2) is 57.9. The number of benzene rings is 2. The Balaban J connectivity index is 2.04. The second-order valence-electron chi connectivity index (χ2n) is 31.1. The summed E-state index contributed by atoms with van der Waals surface area (Å²) in [5.41, 5.74) is 46.4. The third-order valence-electron chi connectivity index (χ3n) is 20.1. The van der Waals surface area contributed by atoms with Crippen molar-refractivity contribution in [2.24, 2.45) is 57.7 Å². The Morgan fingerprint density at radius 2 is 0.766 bits per heavy atom. The minimum atomic E-state index is -1.65. The number of phenolic OH excluding ortho intramolecular Hbond substituents is 1. The van der Waals surface area contributed by atoms with E-state index in [0.29, 0.717) is 34.9 Å². The van der Waals surface area contributed by atoms with Crippen LogP contribution in [-0.4, -0.2) is 270 Å². The number of nitrogens with one attached hydrogen (secondary N) is 24. The van der Waals surface area contributed by atoms with Gasteiger partial charge in [0.15, 0.2) is 29.8 Å². The number of H-pyrrole nitrogens is 1. The lowest BCUT2D eigenvalue weighted by molar-refractivity contribution is -0.136. The van der Waals surface area contributed by atoms with Gasteiger partial charge in [0, 0.05) is 62.7 Å². The van der Waals surface area contributed by atoms with Crippen molar-refractivity contribution in [3.63, 3.8) is 0 Å². The van der Waals surface area contributed by atoms with Crippen LogP contribution in [0.25, 0.3) is 10.9 Å². The van der Waals surface area contributed by atoms with Gasteiger partial charge in [0.25, 0.3) is 0 Å². The Morgan fingerprint density at radius 3 is 1.16 bits per heavy atom. The summed E-state index contributed by atoms with van der Waals surface area (Å²) >= 11 is 0. The average Bonchev–Trinajstić information content (AvgIpc) is 1.68. The van der Waals surface area contributed by atoms with Crippen LogP contribution in [0.15, 0.2) is 54.7 Å². The Kier molecular flexibility index (Phi) is 49.2. The van der Waals surface area contributed by atoms with Gasteiger partial charge in [-0.2, -0.15) is 0 Å². The van der Waals surface area contributed by atoms with Crippen LogP contribution in [0.2, 0.25) is 0 Å². The molecule has 43 N–H and O–H groups in total.